The topological polar surface area (TPSA) is 99.5 Å². The fourth-order valence-electron chi connectivity index (χ4n) is 1.64. The number of nitrogens with one attached hydrogen (secondary N) is 1. The molecule has 0 unspecified atom stereocenters. The molecule has 0 fully saturated rings. The molecule has 1 amide bonds. The van der Waals surface area contributed by atoms with Crippen LogP contribution in [0.5, 0.6) is 0 Å². The van der Waals surface area contributed by atoms with Gasteiger partial charge in [0.1, 0.15) is 9.88 Å². The van der Waals surface area contributed by atoms with Crippen molar-refractivity contribution in [1.29, 1.82) is 0 Å². The summed E-state index contributed by atoms with van der Waals surface area (Å²) in [7, 11) is 0. The van der Waals surface area contributed by atoms with Crippen molar-refractivity contribution in [3.05, 3.63) is 27.4 Å². The summed E-state index contributed by atoms with van der Waals surface area (Å²) in [5.74, 6) is -1.60. The highest BCUT2D eigenvalue weighted by molar-refractivity contribution is 7.17. The van der Waals surface area contributed by atoms with E-state index in [1.807, 2.05) is 16.8 Å². The van der Waals surface area contributed by atoms with Gasteiger partial charge in [-0.2, -0.15) is 11.3 Å². The number of rotatable bonds is 6. The Hall–Kier alpha value is -1.77. The highest BCUT2D eigenvalue weighted by Gasteiger charge is 2.17. The lowest BCUT2D eigenvalue weighted by Crippen LogP contribution is -2.29. The minimum atomic E-state index is -1.46. The molecular formula is C13H14N2O4S2. The lowest BCUT2D eigenvalue weighted by atomic mass is 10.2. The Morgan fingerprint density at radius 1 is 1.48 bits per heavy atom. The molecule has 21 heavy (non-hydrogen) atoms. The van der Waals surface area contributed by atoms with E-state index in [-0.39, 0.29) is 18.9 Å². The van der Waals surface area contributed by atoms with E-state index < -0.39 is 12.1 Å². The summed E-state index contributed by atoms with van der Waals surface area (Å²) in [4.78, 5) is 27.4. The third kappa shape index (κ3) is 3.87. The zero-order chi connectivity index (χ0) is 15.4. The molecule has 3 N–H and O–H groups in total. The van der Waals surface area contributed by atoms with Crippen LogP contribution in [0.4, 0.5) is 0 Å². The molecule has 112 valence electrons. The van der Waals surface area contributed by atoms with Crippen LogP contribution in [-0.2, 0) is 4.79 Å². The summed E-state index contributed by atoms with van der Waals surface area (Å²) >= 11 is 2.86. The van der Waals surface area contributed by atoms with E-state index in [0.717, 1.165) is 10.6 Å². The minimum Gasteiger partial charge on any atom is -0.479 e. The van der Waals surface area contributed by atoms with E-state index in [0.29, 0.717) is 10.6 Å². The Morgan fingerprint density at radius 2 is 2.24 bits per heavy atom. The molecule has 0 saturated carbocycles. The average molecular weight is 326 g/mol. The van der Waals surface area contributed by atoms with Crippen LogP contribution >= 0.6 is 22.7 Å². The third-order valence-electron chi connectivity index (χ3n) is 2.76. The molecule has 0 aliphatic rings. The van der Waals surface area contributed by atoms with Gasteiger partial charge in [-0.1, -0.05) is 0 Å². The van der Waals surface area contributed by atoms with Crippen LogP contribution in [0.1, 0.15) is 21.8 Å². The third-order valence-corrected chi connectivity index (χ3v) is 4.65. The van der Waals surface area contributed by atoms with E-state index in [1.54, 1.807) is 18.3 Å². The molecule has 2 aromatic heterocycles. The number of aliphatic carboxylic acids is 1. The zero-order valence-electron chi connectivity index (χ0n) is 11.2. The summed E-state index contributed by atoms with van der Waals surface area (Å²) in [6.07, 6.45) is -1.50. The van der Waals surface area contributed by atoms with Gasteiger partial charge in [0.15, 0.2) is 6.10 Å². The Kier molecular flexibility index (Phi) is 5.05. The van der Waals surface area contributed by atoms with E-state index in [4.69, 9.17) is 10.2 Å². The molecule has 0 aliphatic carbocycles. The van der Waals surface area contributed by atoms with Gasteiger partial charge in [-0.05, 0) is 18.4 Å². The number of aliphatic hydroxyl groups is 1. The van der Waals surface area contributed by atoms with Crippen LogP contribution in [0, 0.1) is 6.92 Å². The predicted octanol–water partition coefficient (Wildman–Crippen LogP) is 1.75. The monoisotopic (exact) mass is 326 g/mol. The van der Waals surface area contributed by atoms with Crippen molar-refractivity contribution < 1.29 is 19.8 Å². The van der Waals surface area contributed by atoms with Crippen molar-refractivity contribution in [3.63, 3.8) is 0 Å². The van der Waals surface area contributed by atoms with Crippen LogP contribution in [0.3, 0.4) is 0 Å². The maximum Gasteiger partial charge on any atom is 0.332 e. The highest BCUT2D eigenvalue weighted by atomic mass is 32.1. The number of carboxylic acids is 1. The molecule has 0 radical (unpaired) electrons. The Morgan fingerprint density at radius 3 is 2.86 bits per heavy atom. The molecule has 2 rings (SSSR count). The summed E-state index contributed by atoms with van der Waals surface area (Å²) in [5.41, 5.74) is 1.62. The van der Waals surface area contributed by atoms with Crippen molar-refractivity contribution in [3.8, 4) is 10.6 Å². The quantitative estimate of drug-likeness (QED) is 0.751. The van der Waals surface area contributed by atoms with Gasteiger partial charge in [0.2, 0.25) is 0 Å². The molecule has 2 aromatic rings. The second-order valence-electron chi connectivity index (χ2n) is 4.34. The first-order valence-electron chi connectivity index (χ1n) is 6.18. The number of hydrogen-bond acceptors (Lipinski definition) is 6. The maximum absolute atomic E-state index is 12.0. The second kappa shape index (κ2) is 6.79. The molecule has 1 atom stereocenters. The molecule has 0 bridgehead atoms. The van der Waals surface area contributed by atoms with Crippen molar-refractivity contribution in [1.82, 2.24) is 10.3 Å². The molecule has 0 spiro atoms. The highest BCUT2D eigenvalue weighted by Crippen LogP contribution is 2.29. The Balaban J connectivity index is 1.98. The summed E-state index contributed by atoms with van der Waals surface area (Å²) in [6, 6.07) is 1.94. The number of aryl methyl sites for hydroxylation is 1. The number of carbonyl (C=O) groups excluding carboxylic acids is 1. The number of aromatic nitrogens is 1. The van der Waals surface area contributed by atoms with Gasteiger partial charge in [0.25, 0.3) is 5.91 Å². The molecular weight excluding hydrogens is 312 g/mol. The lowest BCUT2D eigenvalue weighted by molar-refractivity contribution is -0.146. The maximum atomic E-state index is 12.0. The molecule has 6 nitrogen and oxygen atoms in total. The molecule has 0 saturated heterocycles. The van der Waals surface area contributed by atoms with Crippen LogP contribution in [0.15, 0.2) is 16.8 Å². The fourth-order valence-corrected chi connectivity index (χ4v) is 3.34. The zero-order valence-corrected chi connectivity index (χ0v) is 12.8. The van der Waals surface area contributed by atoms with Gasteiger partial charge in [-0.3, -0.25) is 4.79 Å². The average Bonchev–Trinajstić information content (AvgIpc) is 3.07. The van der Waals surface area contributed by atoms with E-state index in [9.17, 15) is 9.59 Å². The Bertz CT molecular complexity index is 637. The number of carbonyl (C=O) groups is 2. The number of thiazole rings is 1. The van der Waals surface area contributed by atoms with Gasteiger partial charge < -0.3 is 15.5 Å². The van der Waals surface area contributed by atoms with Gasteiger partial charge in [0.05, 0.1) is 5.69 Å². The van der Waals surface area contributed by atoms with E-state index in [1.165, 1.54) is 11.3 Å². The van der Waals surface area contributed by atoms with Gasteiger partial charge in [-0.25, -0.2) is 9.78 Å². The molecule has 8 heteroatoms. The molecule has 0 aromatic carbocycles. The number of hydrogen-bond donors (Lipinski definition) is 3. The number of nitrogens with zero attached hydrogens (tertiary/aromatic N) is 1. The molecule has 2 heterocycles. The SMILES string of the molecule is Cc1nc(-c2ccsc2)sc1C(=O)NCC[C@H](O)C(=O)O. The van der Waals surface area contributed by atoms with Gasteiger partial charge in [-0.15, -0.1) is 11.3 Å². The van der Waals surface area contributed by atoms with Gasteiger partial charge >= 0.3 is 5.97 Å². The standard InChI is InChI=1S/C13H14N2O4S2/c1-7-10(11(17)14-4-2-9(16)13(18)19)21-12(15-7)8-3-5-20-6-8/h3,5-6,9,16H,2,4H2,1H3,(H,14,17)(H,18,19)/t9-/m0/s1. The van der Waals surface area contributed by atoms with Crippen LogP contribution in [0.25, 0.3) is 10.6 Å². The lowest BCUT2D eigenvalue weighted by Gasteiger charge is -2.06. The van der Waals surface area contributed by atoms with E-state index >= 15 is 0 Å². The van der Waals surface area contributed by atoms with Crippen molar-refractivity contribution in [2.24, 2.45) is 0 Å². The summed E-state index contributed by atoms with van der Waals surface area (Å²) < 4.78 is 0. The van der Waals surface area contributed by atoms with Gasteiger partial charge in [0, 0.05) is 23.9 Å². The normalized spacial score (nSPS) is 12.1. The summed E-state index contributed by atoms with van der Waals surface area (Å²) in [6.45, 7) is 1.85. The number of aliphatic hydroxyl groups excluding tert-OH is 1. The van der Waals surface area contributed by atoms with Crippen LogP contribution < -0.4 is 5.32 Å². The fraction of sp³-hybridized carbons (Fsp3) is 0.308. The number of thiophene rings is 1. The predicted molar refractivity (Wildman–Crippen MR) is 80.8 cm³/mol. The van der Waals surface area contributed by atoms with Crippen LogP contribution in [0.2, 0.25) is 0 Å². The largest absolute Gasteiger partial charge is 0.479 e. The summed E-state index contributed by atoms with van der Waals surface area (Å²) in [5, 5.41) is 25.0. The number of carboxylic acid groups (broad SMARTS) is 1. The van der Waals surface area contributed by atoms with Crippen molar-refractivity contribution in [2.75, 3.05) is 6.54 Å². The molecule has 0 aliphatic heterocycles. The minimum absolute atomic E-state index is 0.0314. The van der Waals surface area contributed by atoms with Crippen molar-refractivity contribution in [2.45, 2.75) is 19.4 Å². The van der Waals surface area contributed by atoms with Crippen molar-refractivity contribution >= 4 is 34.6 Å². The number of amides is 1. The first-order valence-corrected chi connectivity index (χ1v) is 7.94. The first-order chi connectivity index (χ1) is 9.99. The van der Waals surface area contributed by atoms with Crippen LogP contribution in [-0.4, -0.2) is 39.7 Å². The second-order valence-corrected chi connectivity index (χ2v) is 6.12. The first kappa shape index (κ1) is 15.6. The Labute approximate surface area is 129 Å². The van der Waals surface area contributed by atoms with E-state index in [2.05, 4.69) is 10.3 Å². The smallest absolute Gasteiger partial charge is 0.332 e.